The van der Waals surface area contributed by atoms with Crippen molar-refractivity contribution in [2.75, 3.05) is 13.2 Å². The fourth-order valence-electron chi connectivity index (χ4n) is 3.59. The van der Waals surface area contributed by atoms with Crippen molar-refractivity contribution in [3.63, 3.8) is 0 Å². The van der Waals surface area contributed by atoms with Gasteiger partial charge in [0.1, 0.15) is 12.6 Å². The van der Waals surface area contributed by atoms with Crippen LogP contribution in [-0.4, -0.2) is 36.0 Å². The SMILES string of the molecule is Cc1cccc(CCCc2ccc(C#Cc3ccc(C(=O)N[C@@H](CN)C(=O)CO)cc3)cc2)c1. The van der Waals surface area contributed by atoms with Crippen LogP contribution in [0.15, 0.2) is 72.8 Å². The van der Waals surface area contributed by atoms with Gasteiger partial charge in [0.05, 0.1) is 0 Å². The summed E-state index contributed by atoms with van der Waals surface area (Å²) in [7, 11) is 0. The fraction of sp³-hybridized carbons (Fsp3) is 0.241. The average Bonchev–Trinajstić information content (AvgIpc) is 2.86. The first-order valence-corrected chi connectivity index (χ1v) is 11.4. The number of hydrogen-bond acceptors (Lipinski definition) is 4. The van der Waals surface area contributed by atoms with Crippen LogP contribution in [0.5, 0.6) is 0 Å². The summed E-state index contributed by atoms with van der Waals surface area (Å²) < 4.78 is 0. The number of carbonyl (C=O) groups is 2. The second kappa shape index (κ2) is 12.5. The van der Waals surface area contributed by atoms with Gasteiger partial charge in [-0.15, -0.1) is 0 Å². The van der Waals surface area contributed by atoms with E-state index in [9.17, 15) is 9.59 Å². The van der Waals surface area contributed by atoms with Crippen LogP contribution in [0.2, 0.25) is 0 Å². The summed E-state index contributed by atoms with van der Waals surface area (Å²) >= 11 is 0. The number of benzene rings is 3. The highest BCUT2D eigenvalue weighted by Gasteiger charge is 2.18. The molecule has 1 amide bonds. The van der Waals surface area contributed by atoms with Crippen molar-refractivity contribution >= 4 is 11.7 Å². The molecule has 0 aliphatic carbocycles. The molecule has 0 unspecified atom stereocenters. The third kappa shape index (κ3) is 7.41. The highest BCUT2D eigenvalue weighted by atomic mass is 16.3. The van der Waals surface area contributed by atoms with E-state index in [2.05, 4.69) is 60.5 Å². The summed E-state index contributed by atoms with van der Waals surface area (Å²) in [5.74, 6) is 5.32. The lowest BCUT2D eigenvalue weighted by atomic mass is 10.0. The van der Waals surface area contributed by atoms with Crippen LogP contribution < -0.4 is 11.1 Å². The van der Waals surface area contributed by atoms with Crippen molar-refractivity contribution in [3.8, 4) is 11.8 Å². The van der Waals surface area contributed by atoms with Crippen molar-refractivity contribution in [2.45, 2.75) is 32.2 Å². The van der Waals surface area contributed by atoms with Gasteiger partial charge in [0.25, 0.3) is 5.91 Å². The van der Waals surface area contributed by atoms with Gasteiger partial charge in [-0.05, 0) is 73.7 Å². The van der Waals surface area contributed by atoms with E-state index in [4.69, 9.17) is 10.8 Å². The number of carbonyl (C=O) groups excluding carboxylic acids is 2. The molecule has 3 rings (SSSR count). The maximum Gasteiger partial charge on any atom is 0.251 e. The molecule has 0 radical (unpaired) electrons. The molecule has 0 spiro atoms. The molecule has 3 aromatic carbocycles. The zero-order valence-corrected chi connectivity index (χ0v) is 19.4. The molecule has 174 valence electrons. The summed E-state index contributed by atoms with van der Waals surface area (Å²) in [5, 5.41) is 11.5. The summed E-state index contributed by atoms with van der Waals surface area (Å²) in [6, 6.07) is 22.9. The normalized spacial score (nSPS) is 11.3. The third-order valence-corrected chi connectivity index (χ3v) is 5.55. The Kier molecular flexibility index (Phi) is 9.16. The number of aryl methyl sites for hydroxylation is 3. The molecule has 3 aromatic rings. The van der Waals surface area contributed by atoms with E-state index in [1.807, 2.05) is 12.1 Å². The van der Waals surface area contributed by atoms with E-state index in [1.54, 1.807) is 24.3 Å². The summed E-state index contributed by atoms with van der Waals surface area (Å²) in [6.07, 6.45) is 3.20. The number of rotatable bonds is 9. The number of amides is 1. The minimum absolute atomic E-state index is 0.0692. The Morgan fingerprint density at radius 1 is 0.912 bits per heavy atom. The van der Waals surface area contributed by atoms with Crippen LogP contribution in [0, 0.1) is 18.8 Å². The van der Waals surface area contributed by atoms with Gasteiger partial charge in [-0.2, -0.15) is 0 Å². The third-order valence-electron chi connectivity index (χ3n) is 5.55. The first-order valence-electron chi connectivity index (χ1n) is 11.4. The molecule has 0 saturated carbocycles. The van der Waals surface area contributed by atoms with Crippen molar-refractivity contribution in [3.05, 3.63) is 106 Å². The first-order chi connectivity index (χ1) is 16.5. The van der Waals surface area contributed by atoms with Crippen molar-refractivity contribution < 1.29 is 14.7 Å². The Balaban J connectivity index is 1.53. The van der Waals surface area contributed by atoms with E-state index < -0.39 is 24.3 Å². The number of Topliss-reactive ketones (excluding diaryl/α,β-unsaturated/α-hetero) is 1. The highest BCUT2D eigenvalue weighted by Crippen LogP contribution is 2.11. The number of hydrogen-bond donors (Lipinski definition) is 3. The van der Waals surface area contributed by atoms with E-state index >= 15 is 0 Å². The Morgan fingerprint density at radius 2 is 1.53 bits per heavy atom. The molecular weight excluding hydrogens is 424 g/mol. The highest BCUT2D eigenvalue weighted by molar-refractivity contribution is 5.98. The average molecular weight is 455 g/mol. The molecule has 5 nitrogen and oxygen atoms in total. The lowest BCUT2D eigenvalue weighted by molar-refractivity contribution is -0.123. The zero-order valence-electron chi connectivity index (χ0n) is 19.4. The quantitative estimate of drug-likeness (QED) is 0.433. The van der Waals surface area contributed by atoms with Gasteiger partial charge < -0.3 is 16.2 Å². The molecule has 0 fully saturated rings. The van der Waals surface area contributed by atoms with Crippen molar-refractivity contribution in [2.24, 2.45) is 5.73 Å². The maximum atomic E-state index is 12.3. The first kappa shape index (κ1) is 24.9. The molecule has 0 aromatic heterocycles. The Hall–Kier alpha value is -3.72. The van der Waals surface area contributed by atoms with Gasteiger partial charge in [0, 0.05) is 23.2 Å². The van der Waals surface area contributed by atoms with Gasteiger partial charge in [-0.25, -0.2) is 0 Å². The largest absolute Gasteiger partial charge is 0.388 e. The summed E-state index contributed by atoms with van der Waals surface area (Å²) in [6.45, 7) is 1.39. The predicted octanol–water partition coefficient (Wildman–Crippen LogP) is 3.19. The van der Waals surface area contributed by atoms with Crippen LogP contribution in [-0.2, 0) is 17.6 Å². The maximum absolute atomic E-state index is 12.3. The molecule has 0 aliphatic heterocycles. The summed E-state index contributed by atoms with van der Waals surface area (Å²) in [5.41, 5.74) is 11.6. The minimum Gasteiger partial charge on any atom is -0.388 e. The Bertz CT molecular complexity index is 1170. The lowest BCUT2D eigenvalue weighted by Gasteiger charge is -2.14. The smallest absolute Gasteiger partial charge is 0.251 e. The van der Waals surface area contributed by atoms with E-state index in [1.165, 1.54) is 16.7 Å². The van der Waals surface area contributed by atoms with Gasteiger partial charge in [0.2, 0.25) is 0 Å². The predicted molar refractivity (Wildman–Crippen MR) is 134 cm³/mol. The lowest BCUT2D eigenvalue weighted by Crippen LogP contribution is -2.46. The molecule has 0 heterocycles. The second-order valence-corrected chi connectivity index (χ2v) is 8.25. The van der Waals surface area contributed by atoms with Gasteiger partial charge in [0.15, 0.2) is 5.78 Å². The van der Waals surface area contributed by atoms with Crippen molar-refractivity contribution in [1.82, 2.24) is 5.32 Å². The van der Waals surface area contributed by atoms with Crippen molar-refractivity contribution in [1.29, 1.82) is 0 Å². The molecule has 0 aliphatic rings. The molecule has 0 bridgehead atoms. The number of aliphatic hydroxyl groups is 1. The standard InChI is InChI=1S/C29H30N2O3/c1-21-4-2-6-25(18-21)7-3-5-22-8-10-23(11-9-22)12-13-24-14-16-26(17-15-24)29(34)31-27(19-30)28(33)20-32/h2,4,6,8-11,14-18,27,32H,3,5,7,19-20,30H2,1H3,(H,31,34)/t27-/m0/s1. The molecule has 34 heavy (non-hydrogen) atoms. The van der Waals surface area contributed by atoms with Gasteiger partial charge in [-0.3, -0.25) is 9.59 Å². The topological polar surface area (TPSA) is 92.4 Å². The van der Waals surface area contributed by atoms with Gasteiger partial charge >= 0.3 is 0 Å². The molecule has 4 N–H and O–H groups in total. The molecule has 0 saturated heterocycles. The number of nitrogens with one attached hydrogen (secondary N) is 1. The monoisotopic (exact) mass is 454 g/mol. The fourth-order valence-corrected chi connectivity index (χ4v) is 3.59. The molecule has 1 atom stereocenters. The van der Waals surface area contributed by atoms with Crippen LogP contribution in [0.4, 0.5) is 0 Å². The van der Waals surface area contributed by atoms with E-state index in [-0.39, 0.29) is 6.54 Å². The van der Waals surface area contributed by atoms with Crippen LogP contribution in [0.3, 0.4) is 0 Å². The Labute approximate surface area is 201 Å². The minimum atomic E-state index is -0.900. The molecular formula is C29H30N2O3. The van der Waals surface area contributed by atoms with E-state index in [0.29, 0.717) is 5.56 Å². The number of nitrogens with two attached hydrogens (primary N) is 1. The van der Waals surface area contributed by atoms with E-state index in [0.717, 1.165) is 30.4 Å². The zero-order chi connectivity index (χ0) is 24.3. The number of aliphatic hydroxyl groups excluding tert-OH is 1. The Morgan fingerprint density at radius 3 is 2.12 bits per heavy atom. The van der Waals surface area contributed by atoms with Gasteiger partial charge in [-0.1, -0.05) is 53.8 Å². The summed E-state index contributed by atoms with van der Waals surface area (Å²) in [4.78, 5) is 23.9. The van der Waals surface area contributed by atoms with Crippen LogP contribution in [0.1, 0.15) is 44.6 Å². The van der Waals surface area contributed by atoms with Crippen LogP contribution in [0.25, 0.3) is 0 Å². The number of ketones is 1. The molecule has 5 heteroatoms. The second-order valence-electron chi connectivity index (χ2n) is 8.25. The van der Waals surface area contributed by atoms with Crippen LogP contribution >= 0.6 is 0 Å².